The normalized spacial score (nSPS) is 12.6. The van der Waals surface area contributed by atoms with Gasteiger partial charge in [-0.2, -0.15) is 13.2 Å². The molecule has 0 radical (unpaired) electrons. The van der Waals surface area contributed by atoms with Crippen molar-refractivity contribution in [2.75, 3.05) is 7.11 Å². The Balaban J connectivity index is 1.70. The number of H-pyrrole nitrogens is 1. The third-order valence-corrected chi connectivity index (χ3v) is 5.02. The summed E-state index contributed by atoms with van der Waals surface area (Å²) in [6, 6.07) is 20.5. The molecular formula is C24H20F3N3O2. The van der Waals surface area contributed by atoms with Crippen molar-refractivity contribution in [1.29, 1.82) is 0 Å². The fraction of sp³-hybridized carbons (Fsp3) is 0.167. The van der Waals surface area contributed by atoms with Gasteiger partial charge in [-0.15, -0.1) is 0 Å². The molecule has 3 aromatic carbocycles. The smallest absolute Gasteiger partial charge is 0.380 e. The molecule has 2 N–H and O–H groups in total. The number of ether oxygens (including phenoxy) is 1. The number of hydrogen-bond acceptors (Lipinski definition) is 3. The molecule has 1 unspecified atom stereocenters. The Morgan fingerprint density at radius 3 is 2.53 bits per heavy atom. The monoisotopic (exact) mass is 439 g/mol. The van der Waals surface area contributed by atoms with Gasteiger partial charge in [-0.05, 0) is 41.0 Å². The number of nitrogens with zero attached hydrogens (tertiary/aromatic N) is 1. The number of imidazole rings is 1. The van der Waals surface area contributed by atoms with Crippen LogP contribution in [0.3, 0.4) is 0 Å². The van der Waals surface area contributed by atoms with E-state index in [1.807, 2.05) is 36.4 Å². The molecule has 0 bridgehead atoms. The number of halogens is 3. The molecule has 0 aliphatic rings. The van der Waals surface area contributed by atoms with Crippen molar-refractivity contribution in [3.05, 3.63) is 101 Å². The molecule has 0 aliphatic carbocycles. The maximum atomic E-state index is 13.0. The highest BCUT2D eigenvalue weighted by Crippen LogP contribution is 2.30. The number of fused-ring (bicyclic) bond motifs is 1. The zero-order valence-corrected chi connectivity index (χ0v) is 17.1. The van der Waals surface area contributed by atoms with E-state index in [0.29, 0.717) is 17.7 Å². The van der Waals surface area contributed by atoms with E-state index in [0.717, 1.165) is 11.1 Å². The van der Waals surface area contributed by atoms with Crippen molar-refractivity contribution in [1.82, 2.24) is 15.3 Å². The molecule has 0 aliphatic heterocycles. The summed E-state index contributed by atoms with van der Waals surface area (Å²) in [6.07, 6.45) is -4.57. The SMILES string of the molecule is COCc1cccc(C(=O)NC(c2ccccc2)c2ccc3nc(C(F)(F)F)[nH]c3c2)c1. The summed E-state index contributed by atoms with van der Waals surface area (Å²) in [5, 5.41) is 3.00. The van der Waals surface area contributed by atoms with Crippen molar-refractivity contribution in [2.24, 2.45) is 0 Å². The van der Waals surface area contributed by atoms with Crippen LogP contribution in [0.15, 0.2) is 72.8 Å². The topological polar surface area (TPSA) is 67.0 Å². The molecule has 5 nitrogen and oxygen atoms in total. The summed E-state index contributed by atoms with van der Waals surface area (Å²) in [6.45, 7) is 0.376. The molecule has 32 heavy (non-hydrogen) atoms. The van der Waals surface area contributed by atoms with Crippen molar-refractivity contribution >= 4 is 16.9 Å². The summed E-state index contributed by atoms with van der Waals surface area (Å²) < 4.78 is 44.2. The number of amides is 1. The number of benzene rings is 3. The Labute approximate surface area is 182 Å². The first-order valence-corrected chi connectivity index (χ1v) is 9.85. The molecule has 1 aromatic heterocycles. The highest BCUT2D eigenvalue weighted by Gasteiger charge is 2.34. The lowest BCUT2D eigenvalue weighted by Crippen LogP contribution is -2.29. The quantitative estimate of drug-likeness (QED) is 0.431. The second-order valence-corrected chi connectivity index (χ2v) is 7.31. The average molecular weight is 439 g/mol. The molecular weight excluding hydrogens is 419 g/mol. The zero-order valence-electron chi connectivity index (χ0n) is 17.1. The van der Waals surface area contributed by atoms with E-state index in [1.165, 1.54) is 6.07 Å². The molecule has 4 aromatic rings. The average Bonchev–Trinajstić information content (AvgIpc) is 3.22. The Morgan fingerprint density at radius 1 is 1.03 bits per heavy atom. The summed E-state index contributed by atoms with van der Waals surface area (Å²) in [7, 11) is 1.58. The van der Waals surface area contributed by atoms with Crippen molar-refractivity contribution in [3.63, 3.8) is 0 Å². The largest absolute Gasteiger partial charge is 0.449 e. The van der Waals surface area contributed by atoms with Crippen molar-refractivity contribution in [3.8, 4) is 0 Å². The number of hydrogen-bond donors (Lipinski definition) is 2. The van der Waals surface area contributed by atoms with Gasteiger partial charge < -0.3 is 15.0 Å². The van der Waals surface area contributed by atoms with Crippen LogP contribution in [-0.4, -0.2) is 23.0 Å². The van der Waals surface area contributed by atoms with Gasteiger partial charge in [-0.3, -0.25) is 4.79 Å². The summed E-state index contributed by atoms with van der Waals surface area (Å²) in [4.78, 5) is 19.0. The van der Waals surface area contributed by atoms with Gasteiger partial charge in [0.05, 0.1) is 23.7 Å². The van der Waals surface area contributed by atoms with E-state index in [2.05, 4.69) is 15.3 Å². The molecule has 0 saturated carbocycles. The van der Waals surface area contributed by atoms with Gasteiger partial charge in [0.25, 0.3) is 5.91 Å². The van der Waals surface area contributed by atoms with E-state index in [1.54, 1.807) is 37.4 Å². The number of carbonyl (C=O) groups excluding carboxylic acids is 1. The second-order valence-electron chi connectivity index (χ2n) is 7.31. The van der Waals surface area contributed by atoms with Crippen molar-refractivity contribution < 1.29 is 22.7 Å². The Kier molecular flexibility index (Phi) is 5.96. The van der Waals surface area contributed by atoms with Gasteiger partial charge in [0, 0.05) is 12.7 Å². The maximum Gasteiger partial charge on any atom is 0.449 e. The van der Waals surface area contributed by atoms with Gasteiger partial charge in [-0.25, -0.2) is 4.98 Å². The minimum atomic E-state index is -4.57. The fourth-order valence-electron chi connectivity index (χ4n) is 3.53. The summed E-state index contributed by atoms with van der Waals surface area (Å²) >= 11 is 0. The van der Waals surface area contributed by atoms with Crippen LogP contribution in [0.25, 0.3) is 11.0 Å². The first-order valence-electron chi connectivity index (χ1n) is 9.85. The molecule has 0 spiro atoms. The first kappa shape index (κ1) is 21.6. The maximum absolute atomic E-state index is 13.0. The molecule has 1 atom stereocenters. The van der Waals surface area contributed by atoms with Crippen LogP contribution in [0, 0.1) is 0 Å². The second kappa shape index (κ2) is 8.84. The van der Waals surface area contributed by atoms with Gasteiger partial charge in [-0.1, -0.05) is 48.5 Å². The Hall–Kier alpha value is -3.65. The number of rotatable bonds is 6. The number of aromatic nitrogens is 2. The molecule has 1 amide bonds. The predicted molar refractivity (Wildman–Crippen MR) is 114 cm³/mol. The van der Waals surface area contributed by atoms with Gasteiger partial charge in [0.2, 0.25) is 5.82 Å². The zero-order chi connectivity index (χ0) is 22.7. The Morgan fingerprint density at radius 2 is 1.81 bits per heavy atom. The van der Waals surface area contributed by atoms with Gasteiger partial charge in [0.15, 0.2) is 0 Å². The van der Waals surface area contributed by atoms with Crippen molar-refractivity contribution in [2.45, 2.75) is 18.8 Å². The van der Waals surface area contributed by atoms with Crippen LogP contribution in [-0.2, 0) is 17.5 Å². The minimum Gasteiger partial charge on any atom is -0.380 e. The molecule has 0 saturated heterocycles. The molecule has 1 heterocycles. The number of carbonyl (C=O) groups is 1. The van der Waals surface area contributed by atoms with E-state index in [-0.39, 0.29) is 16.9 Å². The van der Waals surface area contributed by atoms with E-state index in [4.69, 9.17) is 4.74 Å². The molecule has 8 heteroatoms. The number of alkyl halides is 3. The van der Waals surface area contributed by atoms with Gasteiger partial charge in [0.1, 0.15) is 0 Å². The third-order valence-electron chi connectivity index (χ3n) is 5.02. The summed E-state index contributed by atoms with van der Waals surface area (Å²) in [5.74, 6) is -1.36. The Bertz CT molecular complexity index is 1240. The fourth-order valence-corrected chi connectivity index (χ4v) is 3.53. The van der Waals surface area contributed by atoms with E-state index in [9.17, 15) is 18.0 Å². The van der Waals surface area contributed by atoms with Crippen LogP contribution in [0.2, 0.25) is 0 Å². The lowest BCUT2D eigenvalue weighted by molar-refractivity contribution is -0.144. The number of aromatic amines is 1. The molecule has 164 valence electrons. The first-order chi connectivity index (χ1) is 15.3. The predicted octanol–water partition coefficient (Wildman–Crippen LogP) is 5.25. The van der Waals surface area contributed by atoms with Crippen LogP contribution < -0.4 is 5.32 Å². The molecule has 0 fully saturated rings. The van der Waals surface area contributed by atoms with Crippen LogP contribution in [0.1, 0.15) is 38.9 Å². The molecule has 4 rings (SSSR count). The highest BCUT2D eigenvalue weighted by atomic mass is 19.4. The number of methoxy groups -OCH3 is 1. The third kappa shape index (κ3) is 4.65. The van der Waals surface area contributed by atoms with Crippen LogP contribution in [0.4, 0.5) is 13.2 Å². The lowest BCUT2D eigenvalue weighted by Gasteiger charge is -2.20. The number of nitrogens with one attached hydrogen (secondary N) is 2. The highest BCUT2D eigenvalue weighted by molar-refractivity contribution is 5.95. The van der Waals surface area contributed by atoms with E-state index < -0.39 is 18.0 Å². The van der Waals surface area contributed by atoms with Crippen LogP contribution >= 0.6 is 0 Å². The summed E-state index contributed by atoms with van der Waals surface area (Å²) in [5.41, 5.74) is 3.18. The van der Waals surface area contributed by atoms with Gasteiger partial charge >= 0.3 is 6.18 Å². The van der Waals surface area contributed by atoms with E-state index >= 15 is 0 Å². The minimum absolute atomic E-state index is 0.200. The standard InChI is InChI=1S/C24H20F3N3O2/c1-32-14-15-6-5-9-18(12-15)22(31)30-21(16-7-3-2-4-8-16)17-10-11-19-20(13-17)29-23(28-19)24(25,26)27/h2-13,21H,14H2,1H3,(H,28,29)(H,30,31). The van der Waals surface area contributed by atoms with Crippen LogP contribution in [0.5, 0.6) is 0 Å². The lowest BCUT2D eigenvalue weighted by atomic mass is 9.97.